The summed E-state index contributed by atoms with van der Waals surface area (Å²) in [4.78, 5) is 10.0. The molecule has 0 amide bonds. The van der Waals surface area contributed by atoms with Gasteiger partial charge in [0.25, 0.3) is 0 Å². The van der Waals surface area contributed by atoms with Crippen molar-refractivity contribution in [1.82, 2.24) is 4.72 Å². The lowest BCUT2D eigenvalue weighted by atomic mass is 10.5. The zero-order valence-electron chi connectivity index (χ0n) is 4.38. The molecule has 0 saturated carbocycles. The number of rotatable bonds is 3. The van der Waals surface area contributed by atoms with Crippen LogP contribution in [0.5, 0.6) is 0 Å². The first-order valence-corrected chi connectivity index (χ1v) is 3.18. The molecule has 48 valence electrons. The van der Waals surface area contributed by atoms with E-state index in [1.54, 1.807) is 0 Å². The molecule has 0 aliphatic heterocycles. The second-order valence-corrected chi connectivity index (χ2v) is 2.12. The minimum absolute atomic E-state index is 0.0985. The maximum absolute atomic E-state index is 10.0. The van der Waals surface area contributed by atoms with Crippen molar-refractivity contribution in [2.45, 2.75) is 6.92 Å². The van der Waals surface area contributed by atoms with Crippen LogP contribution in [0.3, 0.4) is 0 Å². The lowest BCUT2D eigenvalue weighted by molar-refractivity contribution is -0.115. The Morgan fingerprint density at radius 1 is 1.62 bits per heavy atom. The van der Waals surface area contributed by atoms with Gasteiger partial charge in [0, 0.05) is 0 Å². The van der Waals surface area contributed by atoms with Crippen molar-refractivity contribution in [2.24, 2.45) is 0 Å². The highest BCUT2D eigenvalue weighted by Gasteiger charge is 1.89. The predicted octanol–water partition coefficient (Wildman–Crippen LogP) is -1.31. The molecule has 0 aromatic heterocycles. The van der Waals surface area contributed by atoms with Gasteiger partial charge in [-0.1, -0.05) is 0 Å². The highest BCUT2D eigenvalue weighted by molar-refractivity contribution is 7.70. The topological polar surface area (TPSA) is 63.2 Å². The van der Waals surface area contributed by atoms with Gasteiger partial charge in [-0.25, -0.2) is 13.1 Å². The number of hydrogen-bond donors (Lipinski definition) is 2. The van der Waals surface area contributed by atoms with Gasteiger partial charge < -0.3 is 0 Å². The SMILES string of the molecule is CC(=O)CN[SH](=O)=O. The van der Waals surface area contributed by atoms with Crippen molar-refractivity contribution in [3.63, 3.8) is 0 Å². The molecule has 0 saturated heterocycles. The summed E-state index contributed by atoms with van der Waals surface area (Å²) in [5, 5.41) is 0. The summed E-state index contributed by atoms with van der Waals surface area (Å²) in [5.74, 6) is -0.191. The van der Waals surface area contributed by atoms with E-state index in [1.807, 2.05) is 4.72 Å². The first kappa shape index (κ1) is 7.58. The predicted molar refractivity (Wildman–Crippen MR) is 29.0 cm³/mol. The van der Waals surface area contributed by atoms with Crippen molar-refractivity contribution in [3.8, 4) is 0 Å². The maximum Gasteiger partial charge on any atom is 0.201 e. The average Bonchev–Trinajstić information content (AvgIpc) is 1.61. The van der Waals surface area contributed by atoms with Crippen molar-refractivity contribution >= 4 is 16.7 Å². The van der Waals surface area contributed by atoms with Crippen LogP contribution in [0.15, 0.2) is 0 Å². The van der Waals surface area contributed by atoms with Gasteiger partial charge in [-0.2, -0.15) is 0 Å². The van der Waals surface area contributed by atoms with E-state index in [0.717, 1.165) is 0 Å². The van der Waals surface area contributed by atoms with Gasteiger partial charge in [0.1, 0.15) is 5.78 Å². The fraction of sp³-hybridized carbons (Fsp3) is 0.667. The molecule has 0 atom stereocenters. The van der Waals surface area contributed by atoms with Crippen LogP contribution < -0.4 is 4.72 Å². The minimum Gasteiger partial charge on any atom is -0.299 e. The van der Waals surface area contributed by atoms with Crippen molar-refractivity contribution in [2.75, 3.05) is 6.54 Å². The summed E-state index contributed by atoms with van der Waals surface area (Å²) in [6, 6.07) is 0. The molecule has 0 heterocycles. The van der Waals surface area contributed by atoms with Crippen molar-refractivity contribution < 1.29 is 13.2 Å². The first-order chi connectivity index (χ1) is 3.63. The summed E-state index contributed by atoms with van der Waals surface area (Å²) in [6.45, 7) is 1.21. The lowest BCUT2D eigenvalue weighted by Crippen LogP contribution is -2.18. The second-order valence-electron chi connectivity index (χ2n) is 1.29. The number of carbonyl (C=O) groups excluding carboxylic acids is 1. The van der Waals surface area contributed by atoms with Gasteiger partial charge in [0.05, 0.1) is 6.54 Å². The number of Topliss-reactive ketones (excluding diaryl/α,β-unsaturated/α-hetero) is 1. The van der Waals surface area contributed by atoms with E-state index in [0.29, 0.717) is 0 Å². The molecule has 5 heteroatoms. The third-order valence-electron chi connectivity index (χ3n) is 0.457. The van der Waals surface area contributed by atoms with Crippen LogP contribution in [-0.4, -0.2) is 20.7 Å². The second kappa shape index (κ2) is 3.57. The molecule has 0 radical (unpaired) electrons. The molecule has 0 spiro atoms. The lowest BCUT2D eigenvalue weighted by Gasteiger charge is -1.86. The monoisotopic (exact) mass is 137 g/mol. The molecule has 0 rings (SSSR count). The van der Waals surface area contributed by atoms with E-state index in [4.69, 9.17) is 0 Å². The molecular weight excluding hydrogens is 130 g/mol. The Morgan fingerprint density at radius 2 is 2.12 bits per heavy atom. The van der Waals surface area contributed by atoms with Gasteiger partial charge in [0.15, 0.2) is 0 Å². The van der Waals surface area contributed by atoms with Gasteiger partial charge in [0.2, 0.25) is 10.9 Å². The Bertz CT molecular complexity index is 143. The van der Waals surface area contributed by atoms with Crippen LogP contribution in [0.4, 0.5) is 0 Å². The summed E-state index contributed by atoms with van der Waals surface area (Å²) < 4.78 is 21.3. The van der Waals surface area contributed by atoms with Crippen LogP contribution in [0.25, 0.3) is 0 Å². The highest BCUT2D eigenvalue weighted by Crippen LogP contribution is 1.61. The highest BCUT2D eigenvalue weighted by atomic mass is 32.2. The molecule has 8 heavy (non-hydrogen) atoms. The Hall–Kier alpha value is -0.420. The Morgan fingerprint density at radius 3 is 2.25 bits per heavy atom. The first-order valence-electron chi connectivity index (χ1n) is 2.00. The van der Waals surface area contributed by atoms with Gasteiger partial charge >= 0.3 is 0 Å². The zero-order valence-corrected chi connectivity index (χ0v) is 5.27. The maximum atomic E-state index is 10.0. The molecule has 0 bridgehead atoms. The number of carbonyl (C=O) groups is 1. The molecule has 0 aliphatic rings. The summed E-state index contributed by atoms with van der Waals surface area (Å²) in [5.41, 5.74) is 0. The summed E-state index contributed by atoms with van der Waals surface area (Å²) in [7, 11) is -2.60. The van der Waals surface area contributed by atoms with Crippen LogP contribution in [-0.2, 0) is 15.7 Å². The fourth-order valence-electron chi connectivity index (χ4n) is 0.176. The quantitative estimate of drug-likeness (QED) is 0.475. The molecule has 0 fully saturated rings. The standard InChI is InChI=1S/C3H7NO3S/c1-3(5)2-4-8(6)7/h8H,2H2,1H3,(H,4,6,7). The van der Waals surface area contributed by atoms with E-state index in [-0.39, 0.29) is 12.3 Å². The number of nitrogens with one attached hydrogen (secondary N) is 1. The molecular formula is C3H7NO3S. The number of ketones is 1. The van der Waals surface area contributed by atoms with Crippen LogP contribution in [0.1, 0.15) is 6.92 Å². The van der Waals surface area contributed by atoms with Gasteiger partial charge in [-0.15, -0.1) is 0 Å². The molecule has 1 N–H and O–H groups in total. The smallest absolute Gasteiger partial charge is 0.201 e. The van der Waals surface area contributed by atoms with E-state index >= 15 is 0 Å². The van der Waals surface area contributed by atoms with Crippen LogP contribution in [0.2, 0.25) is 0 Å². The van der Waals surface area contributed by atoms with Gasteiger partial charge in [-0.3, -0.25) is 4.79 Å². The van der Waals surface area contributed by atoms with E-state index in [2.05, 4.69) is 0 Å². The number of thiol groups is 1. The Labute approximate surface area is 49.0 Å². The molecule has 0 aromatic carbocycles. The van der Waals surface area contributed by atoms with E-state index in [9.17, 15) is 13.2 Å². The Kier molecular flexibility index (Phi) is 3.38. The normalized spacial score (nSPS) is 9.75. The van der Waals surface area contributed by atoms with Crippen molar-refractivity contribution in [1.29, 1.82) is 0 Å². The molecule has 0 unspecified atom stereocenters. The largest absolute Gasteiger partial charge is 0.299 e. The van der Waals surface area contributed by atoms with E-state index in [1.165, 1.54) is 6.92 Å². The molecule has 0 aromatic rings. The van der Waals surface area contributed by atoms with Crippen molar-refractivity contribution in [3.05, 3.63) is 0 Å². The summed E-state index contributed by atoms with van der Waals surface area (Å²) >= 11 is 0. The van der Waals surface area contributed by atoms with Gasteiger partial charge in [-0.05, 0) is 6.92 Å². The number of hydrogen-bond acceptors (Lipinski definition) is 3. The van der Waals surface area contributed by atoms with E-state index < -0.39 is 10.9 Å². The fourth-order valence-corrected chi connectivity index (χ4v) is 0.528. The minimum atomic E-state index is -2.60. The third-order valence-corrected chi connectivity index (χ3v) is 0.873. The Balaban J connectivity index is 3.32. The molecule has 0 aliphatic carbocycles. The average molecular weight is 137 g/mol. The third kappa shape index (κ3) is 5.58. The van der Waals surface area contributed by atoms with Crippen LogP contribution >= 0.6 is 0 Å². The zero-order chi connectivity index (χ0) is 6.57. The van der Waals surface area contributed by atoms with Crippen LogP contribution in [0, 0.1) is 0 Å². The molecule has 4 nitrogen and oxygen atoms in total. The summed E-state index contributed by atoms with van der Waals surface area (Å²) in [6.07, 6.45) is 0.